The smallest absolute Gasteiger partial charge is 0.311 e. The fourth-order valence-corrected chi connectivity index (χ4v) is 2.22. The monoisotopic (exact) mass is 295 g/mol. The average Bonchev–Trinajstić information content (AvgIpc) is 2.68. The molecule has 1 unspecified atom stereocenters. The van der Waals surface area contributed by atoms with Crippen LogP contribution in [0.2, 0.25) is 0 Å². The zero-order valence-electron chi connectivity index (χ0n) is 8.81. The molecule has 0 saturated heterocycles. The number of benzene rings is 1. The molecule has 2 rings (SSSR count). The summed E-state index contributed by atoms with van der Waals surface area (Å²) in [4.78, 5) is 24.7. The van der Waals surface area contributed by atoms with Crippen molar-refractivity contribution in [1.29, 1.82) is 0 Å². The SMILES string of the molecule is O=CCC(C(=O)O)c1c[nH]c2ccc(Br)cc12. The zero-order valence-corrected chi connectivity index (χ0v) is 10.4. The van der Waals surface area contributed by atoms with Crippen LogP contribution in [-0.4, -0.2) is 22.3 Å². The summed E-state index contributed by atoms with van der Waals surface area (Å²) < 4.78 is 0.876. The van der Waals surface area contributed by atoms with Gasteiger partial charge < -0.3 is 14.9 Å². The van der Waals surface area contributed by atoms with Crippen molar-refractivity contribution in [3.8, 4) is 0 Å². The van der Waals surface area contributed by atoms with Crippen molar-refractivity contribution in [3.63, 3.8) is 0 Å². The highest BCUT2D eigenvalue weighted by Gasteiger charge is 2.22. The third kappa shape index (κ3) is 2.24. The summed E-state index contributed by atoms with van der Waals surface area (Å²) in [5.74, 6) is -1.78. The van der Waals surface area contributed by atoms with Crippen LogP contribution in [0.3, 0.4) is 0 Å². The number of carbonyl (C=O) groups is 2. The van der Waals surface area contributed by atoms with Gasteiger partial charge in [-0.05, 0) is 23.8 Å². The standard InChI is InChI=1S/C12H10BrNO3/c13-7-1-2-11-9(5-7)10(6-14-11)8(3-4-15)12(16)17/h1-2,4-6,8,14H,3H2,(H,16,17). The quantitative estimate of drug-likeness (QED) is 0.852. The Labute approximate surface area is 106 Å². The van der Waals surface area contributed by atoms with Gasteiger partial charge in [-0.25, -0.2) is 0 Å². The van der Waals surface area contributed by atoms with E-state index >= 15 is 0 Å². The summed E-state index contributed by atoms with van der Waals surface area (Å²) in [5.41, 5.74) is 1.50. The Morgan fingerprint density at radius 3 is 2.94 bits per heavy atom. The van der Waals surface area contributed by atoms with Crippen molar-refractivity contribution in [2.24, 2.45) is 0 Å². The van der Waals surface area contributed by atoms with Crippen LogP contribution in [0, 0.1) is 0 Å². The van der Waals surface area contributed by atoms with E-state index in [2.05, 4.69) is 20.9 Å². The Morgan fingerprint density at radius 1 is 1.53 bits per heavy atom. The first kappa shape index (κ1) is 11.9. The third-order valence-corrected chi connectivity index (χ3v) is 3.17. The van der Waals surface area contributed by atoms with Gasteiger partial charge >= 0.3 is 5.97 Å². The van der Waals surface area contributed by atoms with E-state index in [0.717, 1.165) is 15.4 Å². The lowest BCUT2D eigenvalue weighted by Gasteiger charge is -2.07. The number of aliphatic carboxylic acids is 1. The number of hydrogen-bond donors (Lipinski definition) is 2. The van der Waals surface area contributed by atoms with Crippen LogP contribution in [0.4, 0.5) is 0 Å². The molecule has 1 atom stereocenters. The number of carboxylic acid groups (broad SMARTS) is 1. The van der Waals surface area contributed by atoms with E-state index in [4.69, 9.17) is 5.11 Å². The molecule has 17 heavy (non-hydrogen) atoms. The molecule has 0 aliphatic carbocycles. The fourth-order valence-electron chi connectivity index (χ4n) is 1.86. The van der Waals surface area contributed by atoms with E-state index in [9.17, 15) is 9.59 Å². The number of carbonyl (C=O) groups excluding carboxylic acids is 1. The Hall–Kier alpha value is -1.62. The molecular formula is C12H10BrNO3. The number of aromatic nitrogens is 1. The second-order valence-corrected chi connectivity index (χ2v) is 4.64. The van der Waals surface area contributed by atoms with Crippen molar-refractivity contribution in [2.45, 2.75) is 12.3 Å². The van der Waals surface area contributed by atoms with E-state index in [1.807, 2.05) is 18.2 Å². The molecule has 5 heteroatoms. The van der Waals surface area contributed by atoms with E-state index in [1.165, 1.54) is 0 Å². The Bertz CT molecular complexity index is 576. The van der Waals surface area contributed by atoms with Crippen molar-refractivity contribution >= 4 is 39.1 Å². The number of H-pyrrole nitrogens is 1. The topological polar surface area (TPSA) is 70.2 Å². The van der Waals surface area contributed by atoms with Crippen molar-refractivity contribution in [3.05, 3.63) is 34.4 Å². The Kier molecular flexibility index (Phi) is 3.28. The summed E-state index contributed by atoms with van der Waals surface area (Å²) in [6.07, 6.45) is 2.27. The number of aldehydes is 1. The second-order valence-electron chi connectivity index (χ2n) is 3.73. The van der Waals surface area contributed by atoms with Gasteiger partial charge in [-0.2, -0.15) is 0 Å². The number of aromatic amines is 1. The van der Waals surface area contributed by atoms with Gasteiger partial charge in [0, 0.05) is 28.0 Å². The van der Waals surface area contributed by atoms with E-state index in [1.54, 1.807) is 6.20 Å². The number of halogens is 1. The van der Waals surface area contributed by atoms with E-state index < -0.39 is 11.9 Å². The molecule has 0 saturated carbocycles. The zero-order chi connectivity index (χ0) is 12.4. The molecule has 0 amide bonds. The van der Waals surface area contributed by atoms with Crippen molar-refractivity contribution in [1.82, 2.24) is 4.98 Å². The lowest BCUT2D eigenvalue weighted by Crippen LogP contribution is -2.11. The molecule has 0 fully saturated rings. The second kappa shape index (κ2) is 4.71. The highest BCUT2D eigenvalue weighted by molar-refractivity contribution is 9.10. The molecule has 1 aromatic heterocycles. The molecule has 1 heterocycles. The maximum Gasteiger partial charge on any atom is 0.311 e. The summed E-state index contributed by atoms with van der Waals surface area (Å²) in [5, 5.41) is 9.95. The summed E-state index contributed by atoms with van der Waals surface area (Å²) in [6, 6.07) is 5.59. The van der Waals surface area contributed by atoms with Crippen LogP contribution >= 0.6 is 15.9 Å². The average molecular weight is 296 g/mol. The van der Waals surface area contributed by atoms with Gasteiger partial charge in [-0.3, -0.25) is 4.79 Å². The molecular weight excluding hydrogens is 286 g/mol. The number of hydrogen-bond acceptors (Lipinski definition) is 2. The summed E-state index contributed by atoms with van der Waals surface area (Å²) in [7, 11) is 0. The van der Waals surface area contributed by atoms with Gasteiger partial charge in [-0.1, -0.05) is 15.9 Å². The molecule has 0 radical (unpaired) electrons. The molecule has 4 nitrogen and oxygen atoms in total. The predicted octanol–water partition coefficient (Wildman–Crippen LogP) is 2.69. The van der Waals surface area contributed by atoms with Crippen LogP contribution in [0.25, 0.3) is 10.9 Å². The largest absolute Gasteiger partial charge is 0.481 e. The number of carboxylic acids is 1. The Balaban J connectivity index is 2.56. The van der Waals surface area contributed by atoms with Crippen LogP contribution in [0.5, 0.6) is 0 Å². The third-order valence-electron chi connectivity index (χ3n) is 2.68. The Morgan fingerprint density at radius 2 is 2.29 bits per heavy atom. The maximum atomic E-state index is 11.1. The normalized spacial score (nSPS) is 12.5. The molecule has 2 N–H and O–H groups in total. The van der Waals surface area contributed by atoms with Crippen LogP contribution in [-0.2, 0) is 9.59 Å². The van der Waals surface area contributed by atoms with Crippen LogP contribution < -0.4 is 0 Å². The van der Waals surface area contributed by atoms with Gasteiger partial charge in [0.25, 0.3) is 0 Å². The molecule has 0 bridgehead atoms. The van der Waals surface area contributed by atoms with E-state index in [-0.39, 0.29) is 6.42 Å². The van der Waals surface area contributed by atoms with Crippen LogP contribution in [0.1, 0.15) is 17.9 Å². The highest BCUT2D eigenvalue weighted by Crippen LogP contribution is 2.29. The van der Waals surface area contributed by atoms with Crippen LogP contribution in [0.15, 0.2) is 28.9 Å². The maximum absolute atomic E-state index is 11.1. The molecule has 0 spiro atoms. The minimum atomic E-state index is -0.988. The number of rotatable bonds is 4. The minimum absolute atomic E-state index is 0.0190. The summed E-state index contributed by atoms with van der Waals surface area (Å²) in [6.45, 7) is 0. The lowest BCUT2D eigenvalue weighted by molar-refractivity contribution is -0.139. The lowest BCUT2D eigenvalue weighted by atomic mass is 9.96. The molecule has 1 aromatic carbocycles. The highest BCUT2D eigenvalue weighted by atomic mass is 79.9. The van der Waals surface area contributed by atoms with Gasteiger partial charge in [-0.15, -0.1) is 0 Å². The van der Waals surface area contributed by atoms with Gasteiger partial charge in [0.2, 0.25) is 0 Å². The minimum Gasteiger partial charge on any atom is -0.481 e. The predicted molar refractivity (Wildman–Crippen MR) is 67.1 cm³/mol. The first-order valence-corrected chi connectivity index (χ1v) is 5.85. The van der Waals surface area contributed by atoms with Crippen molar-refractivity contribution in [2.75, 3.05) is 0 Å². The molecule has 88 valence electrons. The molecule has 0 aliphatic heterocycles. The van der Waals surface area contributed by atoms with Gasteiger partial charge in [0.1, 0.15) is 6.29 Å². The summed E-state index contributed by atoms with van der Waals surface area (Å²) >= 11 is 3.35. The van der Waals surface area contributed by atoms with Crippen molar-refractivity contribution < 1.29 is 14.7 Å². The number of fused-ring (bicyclic) bond motifs is 1. The molecule has 2 aromatic rings. The van der Waals surface area contributed by atoms with Gasteiger partial charge in [0.15, 0.2) is 0 Å². The van der Waals surface area contributed by atoms with E-state index in [0.29, 0.717) is 11.8 Å². The first-order valence-electron chi connectivity index (χ1n) is 5.06. The van der Waals surface area contributed by atoms with Gasteiger partial charge in [0.05, 0.1) is 5.92 Å². The molecule has 0 aliphatic rings. The number of nitrogens with one attached hydrogen (secondary N) is 1. The first-order chi connectivity index (χ1) is 8.13. The fraction of sp³-hybridized carbons (Fsp3) is 0.167.